The Kier molecular flexibility index (Phi) is 3.42. The van der Waals surface area contributed by atoms with E-state index in [1.165, 1.54) is 5.56 Å². The van der Waals surface area contributed by atoms with Crippen molar-refractivity contribution in [3.05, 3.63) is 65.6 Å². The average molecular weight is 281 g/mol. The Morgan fingerprint density at radius 2 is 1.90 bits per heavy atom. The van der Waals surface area contributed by atoms with Gasteiger partial charge in [0.1, 0.15) is 11.4 Å². The first-order valence-corrected chi connectivity index (χ1v) is 7.10. The topological polar surface area (TPSA) is 34.7 Å². The molecule has 0 radical (unpaired) electrons. The molecule has 0 unspecified atom stereocenters. The number of benzene rings is 1. The number of aliphatic imine (C=N–C) groups is 1. The summed E-state index contributed by atoms with van der Waals surface area (Å²) in [6, 6.07) is 12.2. The number of furan rings is 1. The predicted molar refractivity (Wildman–Crippen MR) is 84.2 cm³/mol. The van der Waals surface area contributed by atoms with Gasteiger partial charge in [-0.15, -0.1) is 0 Å². The number of hydrogen-bond acceptors (Lipinski definition) is 3. The van der Waals surface area contributed by atoms with Crippen LogP contribution in [0.1, 0.15) is 30.7 Å². The van der Waals surface area contributed by atoms with Gasteiger partial charge in [0.05, 0.1) is 12.8 Å². The van der Waals surface area contributed by atoms with Crippen LogP contribution in [0.5, 0.6) is 0 Å². The molecule has 2 heterocycles. The highest BCUT2D eigenvalue weighted by Gasteiger charge is 2.34. The molecular formula is C18H19NO2. The largest absolute Gasteiger partial charge is 0.469 e. The third-order valence-electron chi connectivity index (χ3n) is 3.58. The second-order valence-corrected chi connectivity index (χ2v) is 5.76. The van der Waals surface area contributed by atoms with E-state index in [1.807, 2.05) is 51.1 Å². The van der Waals surface area contributed by atoms with Gasteiger partial charge in [0.2, 0.25) is 5.90 Å². The molecule has 0 N–H and O–H groups in total. The van der Waals surface area contributed by atoms with Crippen LogP contribution < -0.4 is 0 Å². The fourth-order valence-corrected chi connectivity index (χ4v) is 2.49. The molecule has 1 aromatic carbocycles. The summed E-state index contributed by atoms with van der Waals surface area (Å²) in [5, 5.41) is 0. The maximum absolute atomic E-state index is 5.96. The van der Waals surface area contributed by atoms with Crippen molar-refractivity contribution in [1.29, 1.82) is 0 Å². The van der Waals surface area contributed by atoms with Crippen molar-refractivity contribution >= 4 is 11.5 Å². The lowest BCUT2D eigenvalue weighted by molar-refractivity contribution is 0.170. The highest BCUT2D eigenvalue weighted by molar-refractivity contribution is 6.01. The molecule has 3 rings (SSSR count). The van der Waals surface area contributed by atoms with E-state index in [-0.39, 0.29) is 5.60 Å². The van der Waals surface area contributed by atoms with Crippen LogP contribution in [0.3, 0.4) is 0 Å². The zero-order valence-corrected chi connectivity index (χ0v) is 12.6. The average Bonchev–Trinajstić information content (AvgIpc) is 3.00. The fraction of sp³-hybridized carbons (Fsp3) is 0.278. The molecular weight excluding hydrogens is 262 g/mol. The summed E-state index contributed by atoms with van der Waals surface area (Å²) >= 11 is 0. The number of hydrogen-bond donors (Lipinski definition) is 0. The lowest BCUT2D eigenvalue weighted by Crippen LogP contribution is -2.22. The molecule has 108 valence electrons. The van der Waals surface area contributed by atoms with Crippen LogP contribution in [0.2, 0.25) is 0 Å². The molecule has 0 bridgehead atoms. The zero-order chi connectivity index (χ0) is 14.9. The Morgan fingerprint density at radius 1 is 1.14 bits per heavy atom. The highest BCUT2D eigenvalue weighted by atomic mass is 16.5. The van der Waals surface area contributed by atoms with E-state index in [9.17, 15) is 0 Å². The molecule has 21 heavy (non-hydrogen) atoms. The Balaban J connectivity index is 1.84. The Morgan fingerprint density at radius 3 is 2.57 bits per heavy atom. The van der Waals surface area contributed by atoms with Crippen molar-refractivity contribution in [3.63, 3.8) is 0 Å². The fourth-order valence-electron chi connectivity index (χ4n) is 2.49. The summed E-state index contributed by atoms with van der Waals surface area (Å²) in [7, 11) is 0. The van der Waals surface area contributed by atoms with Gasteiger partial charge in [-0.1, -0.05) is 30.3 Å². The zero-order valence-electron chi connectivity index (χ0n) is 12.6. The summed E-state index contributed by atoms with van der Waals surface area (Å²) in [4.78, 5) is 4.56. The van der Waals surface area contributed by atoms with E-state index in [0.29, 0.717) is 12.4 Å². The van der Waals surface area contributed by atoms with Crippen LogP contribution in [0, 0.1) is 6.92 Å². The Bertz CT molecular complexity index is 693. The van der Waals surface area contributed by atoms with Gasteiger partial charge in [0, 0.05) is 17.2 Å². The Hall–Kier alpha value is -2.29. The quantitative estimate of drug-likeness (QED) is 0.836. The van der Waals surface area contributed by atoms with Gasteiger partial charge in [-0.25, -0.2) is 4.99 Å². The lowest BCUT2D eigenvalue weighted by atomic mass is 9.94. The van der Waals surface area contributed by atoms with Crippen molar-refractivity contribution in [3.8, 4) is 0 Å². The molecule has 2 aromatic rings. The van der Waals surface area contributed by atoms with Crippen molar-refractivity contribution in [2.24, 2.45) is 4.99 Å². The first-order chi connectivity index (χ1) is 10.0. The smallest absolute Gasteiger partial charge is 0.210 e. The van der Waals surface area contributed by atoms with E-state index in [2.05, 4.69) is 17.1 Å². The van der Waals surface area contributed by atoms with E-state index >= 15 is 0 Å². The summed E-state index contributed by atoms with van der Waals surface area (Å²) < 4.78 is 11.4. The van der Waals surface area contributed by atoms with E-state index in [1.54, 1.807) is 6.26 Å². The van der Waals surface area contributed by atoms with Crippen LogP contribution in [0.4, 0.5) is 0 Å². The van der Waals surface area contributed by atoms with Gasteiger partial charge < -0.3 is 9.15 Å². The molecule has 1 aromatic heterocycles. The van der Waals surface area contributed by atoms with Crippen molar-refractivity contribution in [1.82, 2.24) is 0 Å². The summed E-state index contributed by atoms with van der Waals surface area (Å²) in [5.41, 5.74) is 2.95. The predicted octanol–water partition coefficient (Wildman–Crippen LogP) is 4.38. The van der Waals surface area contributed by atoms with Crippen molar-refractivity contribution in [2.75, 3.05) is 0 Å². The summed E-state index contributed by atoms with van der Waals surface area (Å²) in [6.45, 7) is 6.66. The van der Waals surface area contributed by atoms with Gasteiger partial charge >= 0.3 is 0 Å². The standard InChI is InChI=1S/C18H19NO2/c1-13-9-15(12-20-13)16-10-17(21-18(16,2)3)19-11-14-7-5-4-6-8-14/h4-10,12H,11H2,1-3H3. The molecule has 0 aliphatic carbocycles. The minimum atomic E-state index is -0.383. The highest BCUT2D eigenvalue weighted by Crippen LogP contribution is 2.36. The minimum absolute atomic E-state index is 0.383. The van der Waals surface area contributed by atoms with E-state index in [4.69, 9.17) is 9.15 Å². The number of ether oxygens (including phenoxy) is 1. The summed E-state index contributed by atoms with van der Waals surface area (Å²) in [5.74, 6) is 1.58. The molecule has 0 spiro atoms. The minimum Gasteiger partial charge on any atom is -0.469 e. The van der Waals surface area contributed by atoms with Gasteiger partial charge in [-0.2, -0.15) is 0 Å². The number of aryl methyl sites for hydroxylation is 1. The third-order valence-corrected chi connectivity index (χ3v) is 3.58. The molecule has 0 amide bonds. The maximum Gasteiger partial charge on any atom is 0.210 e. The number of rotatable bonds is 3. The molecule has 0 atom stereocenters. The molecule has 1 aliphatic rings. The SMILES string of the molecule is Cc1cc(C2=CC(=NCc3ccccc3)OC2(C)C)co1. The lowest BCUT2D eigenvalue weighted by Gasteiger charge is -2.21. The van der Waals surface area contributed by atoms with Crippen molar-refractivity contribution < 1.29 is 9.15 Å². The van der Waals surface area contributed by atoms with Gasteiger partial charge in [-0.3, -0.25) is 0 Å². The van der Waals surface area contributed by atoms with Crippen LogP contribution in [0.25, 0.3) is 5.57 Å². The first kappa shape index (κ1) is 13.7. The maximum atomic E-state index is 5.96. The molecule has 0 fully saturated rings. The van der Waals surface area contributed by atoms with Crippen LogP contribution in [0.15, 0.2) is 58.1 Å². The van der Waals surface area contributed by atoms with Gasteiger partial charge in [0.15, 0.2) is 0 Å². The first-order valence-electron chi connectivity index (χ1n) is 7.10. The molecule has 3 heteroatoms. The second-order valence-electron chi connectivity index (χ2n) is 5.76. The Labute approximate surface area is 125 Å². The molecule has 1 aliphatic heterocycles. The van der Waals surface area contributed by atoms with Gasteiger partial charge in [-0.05, 0) is 32.4 Å². The van der Waals surface area contributed by atoms with Crippen LogP contribution in [-0.2, 0) is 11.3 Å². The third kappa shape index (κ3) is 2.92. The summed E-state index contributed by atoms with van der Waals surface area (Å²) in [6.07, 6.45) is 3.78. The monoisotopic (exact) mass is 281 g/mol. The molecule has 0 saturated heterocycles. The van der Waals surface area contributed by atoms with Crippen LogP contribution in [-0.4, -0.2) is 11.5 Å². The molecule has 0 saturated carbocycles. The van der Waals surface area contributed by atoms with Crippen LogP contribution >= 0.6 is 0 Å². The normalized spacial score (nSPS) is 18.6. The van der Waals surface area contributed by atoms with E-state index in [0.717, 1.165) is 16.9 Å². The molecule has 3 nitrogen and oxygen atoms in total. The second kappa shape index (κ2) is 5.24. The van der Waals surface area contributed by atoms with E-state index < -0.39 is 0 Å². The van der Waals surface area contributed by atoms with Gasteiger partial charge in [0.25, 0.3) is 0 Å². The van der Waals surface area contributed by atoms with Crippen molar-refractivity contribution in [2.45, 2.75) is 32.9 Å². The number of nitrogens with zero attached hydrogens (tertiary/aromatic N) is 1.